The standard InChI is InChI=1S/C26H29N3O6/c30-25(31)18-9-11-20-21-17-29(28-27-21)22-12-10-19(26(32)33)16-24(22)35-14-8-6-4-2-1-3-5-7-13-34-23(20)15-18/h9-12,15-17H,1-8,13-14H2,(H,30,31)(H,32,33). The van der Waals surface area contributed by atoms with Gasteiger partial charge in [-0.1, -0.05) is 43.7 Å². The number of hydrogen-bond acceptors (Lipinski definition) is 6. The van der Waals surface area contributed by atoms with E-state index in [0.29, 0.717) is 41.7 Å². The highest BCUT2D eigenvalue weighted by Crippen LogP contribution is 2.32. The largest absolute Gasteiger partial charge is 0.493 e. The summed E-state index contributed by atoms with van der Waals surface area (Å²) in [5.74, 6) is -1.22. The Bertz CT molecular complexity index is 1100. The van der Waals surface area contributed by atoms with Crippen molar-refractivity contribution in [2.45, 2.75) is 51.4 Å². The van der Waals surface area contributed by atoms with Crippen LogP contribution in [0.15, 0.2) is 42.6 Å². The van der Waals surface area contributed by atoms with Crippen LogP contribution in [-0.2, 0) is 0 Å². The van der Waals surface area contributed by atoms with Crippen molar-refractivity contribution in [1.29, 1.82) is 0 Å². The number of hydrogen-bond donors (Lipinski definition) is 2. The second-order valence-corrected chi connectivity index (χ2v) is 8.58. The molecule has 0 aliphatic carbocycles. The summed E-state index contributed by atoms with van der Waals surface area (Å²) in [4.78, 5) is 23.0. The van der Waals surface area contributed by atoms with E-state index in [1.165, 1.54) is 28.9 Å². The fourth-order valence-corrected chi connectivity index (χ4v) is 4.07. The van der Waals surface area contributed by atoms with Crippen LogP contribution in [0.3, 0.4) is 0 Å². The van der Waals surface area contributed by atoms with E-state index >= 15 is 0 Å². The molecule has 0 spiro atoms. The van der Waals surface area contributed by atoms with Crippen LogP contribution in [0.2, 0.25) is 0 Å². The lowest BCUT2D eigenvalue weighted by molar-refractivity contribution is 0.0685. The van der Waals surface area contributed by atoms with Gasteiger partial charge >= 0.3 is 11.9 Å². The number of aromatic nitrogens is 3. The molecule has 35 heavy (non-hydrogen) atoms. The number of fused-ring (bicyclic) bond motifs is 6. The predicted octanol–water partition coefficient (Wildman–Crippen LogP) is 5.22. The Labute approximate surface area is 203 Å². The third-order valence-corrected chi connectivity index (χ3v) is 6.01. The average Bonchev–Trinajstić information content (AvgIpc) is 3.33. The van der Waals surface area contributed by atoms with Crippen LogP contribution < -0.4 is 9.47 Å². The van der Waals surface area contributed by atoms with Crippen LogP contribution in [-0.4, -0.2) is 50.4 Å². The maximum atomic E-state index is 11.5. The van der Waals surface area contributed by atoms with Gasteiger partial charge in [0.15, 0.2) is 0 Å². The van der Waals surface area contributed by atoms with Crippen molar-refractivity contribution in [1.82, 2.24) is 15.0 Å². The summed E-state index contributed by atoms with van der Waals surface area (Å²) in [6.45, 7) is 0.963. The molecule has 0 atom stereocenters. The smallest absolute Gasteiger partial charge is 0.335 e. The van der Waals surface area contributed by atoms with Crippen molar-refractivity contribution in [2.75, 3.05) is 13.2 Å². The Morgan fingerprint density at radius 1 is 0.743 bits per heavy atom. The van der Waals surface area contributed by atoms with Gasteiger partial charge in [0, 0.05) is 5.56 Å². The summed E-state index contributed by atoms with van der Waals surface area (Å²) < 4.78 is 13.5. The fourth-order valence-electron chi connectivity index (χ4n) is 4.07. The van der Waals surface area contributed by atoms with Crippen LogP contribution in [0.1, 0.15) is 72.1 Å². The monoisotopic (exact) mass is 479 g/mol. The van der Waals surface area contributed by atoms with E-state index in [2.05, 4.69) is 10.3 Å². The second-order valence-electron chi connectivity index (χ2n) is 8.58. The summed E-state index contributed by atoms with van der Waals surface area (Å²) in [6.07, 6.45) is 10.1. The molecule has 1 aliphatic heterocycles. The highest BCUT2D eigenvalue weighted by molar-refractivity contribution is 5.90. The minimum Gasteiger partial charge on any atom is -0.493 e. The molecule has 0 amide bonds. The molecule has 2 bridgehead atoms. The molecule has 0 radical (unpaired) electrons. The summed E-state index contributed by atoms with van der Waals surface area (Å²) in [6, 6.07) is 9.32. The second kappa shape index (κ2) is 11.5. The summed E-state index contributed by atoms with van der Waals surface area (Å²) in [5, 5.41) is 27.3. The quantitative estimate of drug-likeness (QED) is 0.512. The van der Waals surface area contributed by atoms with Crippen LogP contribution in [0.25, 0.3) is 16.9 Å². The summed E-state index contributed by atoms with van der Waals surface area (Å²) >= 11 is 0. The molecule has 184 valence electrons. The van der Waals surface area contributed by atoms with Crippen molar-refractivity contribution in [2.24, 2.45) is 0 Å². The van der Waals surface area contributed by atoms with Crippen LogP contribution in [0, 0.1) is 0 Å². The van der Waals surface area contributed by atoms with Gasteiger partial charge in [-0.3, -0.25) is 0 Å². The Morgan fingerprint density at radius 2 is 1.29 bits per heavy atom. The van der Waals surface area contributed by atoms with Gasteiger partial charge in [-0.2, -0.15) is 0 Å². The van der Waals surface area contributed by atoms with E-state index in [4.69, 9.17) is 9.47 Å². The lowest BCUT2D eigenvalue weighted by Crippen LogP contribution is -2.06. The molecule has 2 aromatic carbocycles. The van der Waals surface area contributed by atoms with Crippen LogP contribution in [0.4, 0.5) is 0 Å². The van der Waals surface area contributed by atoms with Crippen molar-refractivity contribution >= 4 is 11.9 Å². The number of rotatable bonds is 2. The number of benzene rings is 2. The van der Waals surface area contributed by atoms with Gasteiger partial charge < -0.3 is 19.7 Å². The number of carboxylic acid groups (broad SMARTS) is 2. The third kappa shape index (κ3) is 6.17. The lowest BCUT2D eigenvalue weighted by Gasteiger charge is -2.12. The normalized spacial score (nSPS) is 15.2. The number of ether oxygens (including phenoxy) is 2. The first kappa shape index (κ1) is 24.3. The Morgan fingerprint density at radius 3 is 1.91 bits per heavy atom. The lowest BCUT2D eigenvalue weighted by atomic mass is 10.1. The van der Waals surface area contributed by atoms with E-state index < -0.39 is 11.9 Å². The van der Waals surface area contributed by atoms with Crippen LogP contribution in [0.5, 0.6) is 11.5 Å². The predicted molar refractivity (Wildman–Crippen MR) is 129 cm³/mol. The zero-order valence-electron chi connectivity index (χ0n) is 19.5. The molecule has 0 fully saturated rings. The maximum Gasteiger partial charge on any atom is 0.335 e. The molecule has 9 heteroatoms. The molecular formula is C26H29N3O6. The molecule has 1 aromatic heterocycles. The molecule has 2 heterocycles. The van der Waals surface area contributed by atoms with E-state index in [1.54, 1.807) is 18.3 Å². The van der Waals surface area contributed by atoms with E-state index in [-0.39, 0.29) is 11.1 Å². The Hall–Kier alpha value is -3.88. The molecule has 0 saturated heterocycles. The highest BCUT2D eigenvalue weighted by Gasteiger charge is 2.17. The van der Waals surface area contributed by atoms with Crippen LogP contribution >= 0.6 is 0 Å². The first-order valence-electron chi connectivity index (χ1n) is 12.0. The SMILES string of the molecule is O=C(O)c1ccc2c(c1)OCCCCCCCCCCOc1cc(C(=O)O)ccc1-n1cc-2nn1. The third-order valence-electron chi connectivity index (χ3n) is 6.01. The molecule has 1 aliphatic rings. The Kier molecular flexibility index (Phi) is 7.97. The number of carbonyl (C=O) groups is 2. The molecule has 0 saturated carbocycles. The maximum absolute atomic E-state index is 11.5. The first-order valence-corrected chi connectivity index (χ1v) is 12.0. The Balaban J connectivity index is 1.70. The number of carboxylic acids is 2. The fraction of sp³-hybridized carbons (Fsp3) is 0.385. The van der Waals surface area contributed by atoms with Gasteiger partial charge in [-0.05, 0) is 49.2 Å². The van der Waals surface area contributed by atoms with Gasteiger partial charge in [0.25, 0.3) is 0 Å². The topological polar surface area (TPSA) is 124 Å². The zero-order valence-corrected chi connectivity index (χ0v) is 19.5. The average molecular weight is 480 g/mol. The summed E-state index contributed by atoms with van der Waals surface area (Å²) in [5.41, 5.74) is 1.96. The van der Waals surface area contributed by atoms with Crippen molar-refractivity contribution < 1.29 is 29.3 Å². The number of aromatic carboxylic acids is 2. The van der Waals surface area contributed by atoms with E-state index in [0.717, 1.165) is 51.4 Å². The zero-order chi connectivity index (χ0) is 24.6. The highest BCUT2D eigenvalue weighted by atomic mass is 16.5. The molecule has 2 N–H and O–H groups in total. The minimum absolute atomic E-state index is 0.127. The van der Waals surface area contributed by atoms with Gasteiger partial charge in [-0.15, -0.1) is 5.10 Å². The molecule has 4 rings (SSSR count). The van der Waals surface area contributed by atoms with Gasteiger partial charge in [0.1, 0.15) is 22.9 Å². The van der Waals surface area contributed by atoms with Gasteiger partial charge in [0.2, 0.25) is 0 Å². The number of nitrogens with zero attached hydrogens (tertiary/aromatic N) is 3. The molecule has 3 aromatic rings. The van der Waals surface area contributed by atoms with Crippen molar-refractivity contribution in [3.8, 4) is 28.4 Å². The van der Waals surface area contributed by atoms with E-state index in [9.17, 15) is 19.8 Å². The summed E-state index contributed by atoms with van der Waals surface area (Å²) in [7, 11) is 0. The van der Waals surface area contributed by atoms with Gasteiger partial charge in [-0.25, -0.2) is 14.3 Å². The first-order chi connectivity index (χ1) is 17.0. The van der Waals surface area contributed by atoms with E-state index in [1.807, 2.05) is 0 Å². The van der Waals surface area contributed by atoms with Crippen molar-refractivity contribution in [3.05, 3.63) is 53.7 Å². The van der Waals surface area contributed by atoms with Gasteiger partial charge in [0.05, 0.1) is 30.5 Å². The minimum atomic E-state index is -1.04. The van der Waals surface area contributed by atoms with Crippen molar-refractivity contribution in [3.63, 3.8) is 0 Å². The molecule has 9 nitrogen and oxygen atoms in total. The molecule has 0 unspecified atom stereocenters. The molecular weight excluding hydrogens is 450 g/mol.